The Balaban J connectivity index is 1.30. The average Bonchev–Trinajstić information content (AvgIpc) is 2.80. The van der Waals surface area contributed by atoms with Crippen molar-refractivity contribution in [1.82, 2.24) is 4.90 Å². The minimum atomic E-state index is -0.0705. The lowest BCUT2D eigenvalue weighted by atomic mass is 9.90. The van der Waals surface area contributed by atoms with Gasteiger partial charge < -0.3 is 15.0 Å². The lowest BCUT2D eigenvalue weighted by molar-refractivity contribution is -0.129. The molecule has 1 aliphatic heterocycles. The molecule has 2 amide bonds. The third kappa shape index (κ3) is 7.62. The SMILES string of the molecule is COc1ccc(CCC2CCN(C(=O)CSCC(=O)Nc3ccc(C)cc3)CC2)cc1. The summed E-state index contributed by atoms with van der Waals surface area (Å²) in [5.74, 6) is 2.27. The summed E-state index contributed by atoms with van der Waals surface area (Å²) in [5.41, 5.74) is 3.28. The number of nitrogens with zero attached hydrogens (tertiary/aromatic N) is 1. The summed E-state index contributed by atoms with van der Waals surface area (Å²) in [6.45, 7) is 3.65. The van der Waals surface area contributed by atoms with Crippen LogP contribution in [0.25, 0.3) is 0 Å². The van der Waals surface area contributed by atoms with Gasteiger partial charge in [-0.05, 0) is 68.4 Å². The zero-order valence-corrected chi connectivity index (χ0v) is 19.2. The summed E-state index contributed by atoms with van der Waals surface area (Å²) in [6.07, 6.45) is 4.33. The predicted octanol–water partition coefficient (Wildman–Crippen LogP) is 4.55. The second kappa shape index (κ2) is 11.8. The van der Waals surface area contributed by atoms with E-state index in [1.165, 1.54) is 17.3 Å². The molecule has 1 saturated heterocycles. The van der Waals surface area contributed by atoms with E-state index >= 15 is 0 Å². The fourth-order valence-electron chi connectivity index (χ4n) is 3.79. The van der Waals surface area contributed by atoms with E-state index in [4.69, 9.17) is 4.74 Å². The monoisotopic (exact) mass is 440 g/mol. The van der Waals surface area contributed by atoms with Crippen molar-refractivity contribution < 1.29 is 14.3 Å². The number of nitrogens with one attached hydrogen (secondary N) is 1. The van der Waals surface area contributed by atoms with Gasteiger partial charge in [0.1, 0.15) is 5.75 Å². The fourth-order valence-corrected chi connectivity index (χ4v) is 4.51. The van der Waals surface area contributed by atoms with Crippen LogP contribution in [-0.2, 0) is 16.0 Å². The van der Waals surface area contributed by atoms with Crippen LogP contribution in [0.3, 0.4) is 0 Å². The van der Waals surface area contributed by atoms with Gasteiger partial charge in [-0.15, -0.1) is 11.8 Å². The van der Waals surface area contributed by atoms with Crippen LogP contribution in [0.2, 0.25) is 0 Å². The molecule has 0 saturated carbocycles. The molecule has 1 N–H and O–H groups in total. The molecular formula is C25H32N2O3S. The molecule has 0 aliphatic carbocycles. The van der Waals surface area contributed by atoms with Crippen molar-refractivity contribution in [2.45, 2.75) is 32.6 Å². The molecule has 2 aromatic rings. The van der Waals surface area contributed by atoms with E-state index in [2.05, 4.69) is 17.4 Å². The van der Waals surface area contributed by atoms with E-state index in [0.29, 0.717) is 11.7 Å². The van der Waals surface area contributed by atoms with E-state index in [0.717, 1.165) is 55.8 Å². The van der Waals surface area contributed by atoms with Crippen LogP contribution in [0.4, 0.5) is 5.69 Å². The number of thioether (sulfide) groups is 1. The number of rotatable bonds is 9. The van der Waals surface area contributed by atoms with Crippen LogP contribution in [0, 0.1) is 12.8 Å². The second-order valence-corrected chi connectivity index (χ2v) is 9.10. The van der Waals surface area contributed by atoms with Gasteiger partial charge in [0.2, 0.25) is 11.8 Å². The highest BCUT2D eigenvalue weighted by Gasteiger charge is 2.22. The lowest BCUT2D eigenvalue weighted by Crippen LogP contribution is -2.39. The summed E-state index contributed by atoms with van der Waals surface area (Å²) in [4.78, 5) is 26.5. The summed E-state index contributed by atoms with van der Waals surface area (Å²) in [6, 6.07) is 16.0. The molecule has 0 radical (unpaired) electrons. The van der Waals surface area contributed by atoms with Crippen LogP contribution in [0.5, 0.6) is 5.75 Å². The molecule has 0 atom stereocenters. The maximum atomic E-state index is 12.5. The fraction of sp³-hybridized carbons (Fsp3) is 0.440. The van der Waals surface area contributed by atoms with Crippen molar-refractivity contribution in [2.24, 2.45) is 5.92 Å². The molecule has 1 aliphatic rings. The molecule has 31 heavy (non-hydrogen) atoms. The van der Waals surface area contributed by atoms with Gasteiger partial charge in [0.15, 0.2) is 0 Å². The van der Waals surface area contributed by atoms with Gasteiger partial charge in [-0.3, -0.25) is 9.59 Å². The van der Waals surface area contributed by atoms with Crippen molar-refractivity contribution in [2.75, 3.05) is 37.0 Å². The molecule has 166 valence electrons. The van der Waals surface area contributed by atoms with Gasteiger partial charge in [-0.1, -0.05) is 29.8 Å². The molecule has 0 spiro atoms. The zero-order chi connectivity index (χ0) is 22.1. The molecule has 1 heterocycles. The minimum Gasteiger partial charge on any atom is -0.497 e. The number of methoxy groups -OCH3 is 1. The van der Waals surface area contributed by atoms with Crippen molar-refractivity contribution >= 4 is 29.3 Å². The molecule has 0 unspecified atom stereocenters. The Kier molecular flexibility index (Phi) is 8.83. The Morgan fingerprint density at radius 2 is 1.71 bits per heavy atom. The van der Waals surface area contributed by atoms with Gasteiger partial charge in [0, 0.05) is 18.8 Å². The third-order valence-electron chi connectivity index (χ3n) is 5.76. The Hall–Kier alpha value is -2.47. The normalized spacial score (nSPS) is 14.3. The first-order valence-corrected chi connectivity index (χ1v) is 12.0. The van der Waals surface area contributed by atoms with Crippen LogP contribution in [0.15, 0.2) is 48.5 Å². The number of anilines is 1. The number of likely N-dealkylation sites (tertiary alicyclic amines) is 1. The molecule has 1 fully saturated rings. The Labute approximate surface area is 189 Å². The molecular weight excluding hydrogens is 408 g/mol. The molecule has 0 aromatic heterocycles. The summed E-state index contributed by atoms with van der Waals surface area (Å²) < 4.78 is 5.21. The maximum absolute atomic E-state index is 12.5. The summed E-state index contributed by atoms with van der Waals surface area (Å²) in [5, 5.41) is 2.87. The van der Waals surface area contributed by atoms with Crippen LogP contribution in [-0.4, -0.2) is 48.4 Å². The van der Waals surface area contributed by atoms with Crippen molar-refractivity contribution in [3.05, 3.63) is 59.7 Å². The third-order valence-corrected chi connectivity index (χ3v) is 6.68. The highest BCUT2D eigenvalue weighted by atomic mass is 32.2. The summed E-state index contributed by atoms with van der Waals surface area (Å²) in [7, 11) is 1.68. The largest absolute Gasteiger partial charge is 0.497 e. The molecule has 5 nitrogen and oxygen atoms in total. The average molecular weight is 441 g/mol. The number of hydrogen-bond donors (Lipinski definition) is 1. The molecule has 0 bridgehead atoms. The van der Waals surface area contributed by atoms with E-state index < -0.39 is 0 Å². The maximum Gasteiger partial charge on any atom is 0.234 e. The standard InChI is InChI=1S/C25H32N2O3S/c1-19-3-9-22(10-4-19)26-24(28)17-31-18-25(29)27-15-13-21(14-16-27)6-5-20-7-11-23(30-2)12-8-20/h3-4,7-12,21H,5-6,13-18H2,1-2H3,(H,26,28). The Morgan fingerprint density at radius 1 is 1.03 bits per heavy atom. The van der Waals surface area contributed by atoms with E-state index in [-0.39, 0.29) is 17.6 Å². The van der Waals surface area contributed by atoms with E-state index in [1.807, 2.05) is 48.2 Å². The number of carbonyl (C=O) groups excluding carboxylic acids is 2. The van der Waals surface area contributed by atoms with Gasteiger partial charge in [-0.2, -0.15) is 0 Å². The van der Waals surface area contributed by atoms with Crippen LogP contribution < -0.4 is 10.1 Å². The first kappa shape index (κ1) is 23.2. The number of benzene rings is 2. The van der Waals surface area contributed by atoms with Crippen molar-refractivity contribution in [1.29, 1.82) is 0 Å². The van der Waals surface area contributed by atoms with Crippen LogP contribution >= 0.6 is 11.8 Å². The molecule has 3 rings (SSSR count). The van der Waals surface area contributed by atoms with Crippen molar-refractivity contribution in [3.8, 4) is 5.75 Å². The van der Waals surface area contributed by atoms with Crippen LogP contribution in [0.1, 0.15) is 30.4 Å². The number of amides is 2. The minimum absolute atomic E-state index is 0.0705. The highest BCUT2D eigenvalue weighted by molar-refractivity contribution is 8.00. The second-order valence-electron chi connectivity index (χ2n) is 8.12. The van der Waals surface area contributed by atoms with Gasteiger partial charge >= 0.3 is 0 Å². The topological polar surface area (TPSA) is 58.6 Å². The number of hydrogen-bond acceptors (Lipinski definition) is 4. The first-order chi connectivity index (χ1) is 15.0. The van der Waals surface area contributed by atoms with Gasteiger partial charge in [-0.25, -0.2) is 0 Å². The Bertz CT molecular complexity index is 844. The number of aryl methyl sites for hydroxylation is 2. The van der Waals surface area contributed by atoms with Gasteiger partial charge in [0.05, 0.1) is 18.6 Å². The highest BCUT2D eigenvalue weighted by Crippen LogP contribution is 2.24. The number of ether oxygens (including phenoxy) is 1. The van der Waals surface area contributed by atoms with Gasteiger partial charge in [0.25, 0.3) is 0 Å². The zero-order valence-electron chi connectivity index (χ0n) is 18.4. The quantitative estimate of drug-likeness (QED) is 0.622. The predicted molar refractivity (Wildman–Crippen MR) is 128 cm³/mol. The Morgan fingerprint density at radius 3 is 2.35 bits per heavy atom. The lowest BCUT2D eigenvalue weighted by Gasteiger charge is -2.32. The van der Waals surface area contributed by atoms with E-state index in [1.54, 1.807) is 7.11 Å². The summed E-state index contributed by atoms with van der Waals surface area (Å²) >= 11 is 1.38. The number of piperidine rings is 1. The van der Waals surface area contributed by atoms with E-state index in [9.17, 15) is 9.59 Å². The smallest absolute Gasteiger partial charge is 0.234 e. The number of carbonyl (C=O) groups is 2. The first-order valence-electron chi connectivity index (χ1n) is 10.9. The molecule has 6 heteroatoms. The van der Waals surface area contributed by atoms with Crippen molar-refractivity contribution in [3.63, 3.8) is 0 Å². The molecule has 2 aromatic carbocycles.